The van der Waals surface area contributed by atoms with Gasteiger partial charge in [-0.25, -0.2) is 4.79 Å². The SMILES string of the molecule is CC[C@H](NC(=O)OC(C)(C)C)C(=O)NC1C(=O)N2C(CCC1CN)CCC2C(=O)NC(c1ccccc1)c1ccccc1. The van der Waals surface area contributed by atoms with E-state index in [-0.39, 0.29) is 36.4 Å². The first-order chi connectivity index (χ1) is 20.5. The molecule has 2 saturated heterocycles. The van der Waals surface area contributed by atoms with Crippen LogP contribution >= 0.6 is 0 Å². The lowest BCUT2D eigenvalue weighted by atomic mass is 9.93. The predicted octanol–water partition coefficient (Wildman–Crippen LogP) is 3.41. The number of hydrogen-bond acceptors (Lipinski definition) is 6. The molecule has 2 aromatic rings. The van der Waals surface area contributed by atoms with Crippen molar-refractivity contribution < 1.29 is 23.9 Å². The average Bonchev–Trinajstić information content (AvgIpc) is 3.36. The summed E-state index contributed by atoms with van der Waals surface area (Å²) in [6.07, 6.45) is 2.15. The molecule has 10 nitrogen and oxygen atoms in total. The molecule has 5 N–H and O–H groups in total. The zero-order valence-corrected chi connectivity index (χ0v) is 25.5. The number of carbonyl (C=O) groups excluding carboxylic acids is 4. The van der Waals surface area contributed by atoms with Crippen molar-refractivity contribution in [3.05, 3.63) is 71.8 Å². The summed E-state index contributed by atoms with van der Waals surface area (Å²) < 4.78 is 5.32. The van der Waals surface area contributed by atoms with E-state index in [1.54, 1.807) is 32.6 Å². The van der Waals surface area contributed by atoms with Crippen molar-refractivity contribution in [3.8, 4) is 0 Å². The highest BCUT2D eigenvalue weighted by molar-refractivity contribution is 5.95. The van der Waals surface area contributed by atoms with Gasteiger partial charge in [0.2, 0.25) is 17.7 Å². The van der Waals surface area contributed by atoms with Gasteiger partial charge >= 0.3 is 6.09 Å². The lowest BCUT2D eigenvalue weighted by molar-refractivity contribution is -0.143. The zero-order valence-electron chi connectivity index (χ0n) is 25.5. The lowest BCUT2D eigenvalue weighted by Gasteiger charge is -2.33. The molecule has 2 aliphatic rings. The first-order valence-corrected chi connectivity index (χ1v) is 15.2. The third kappa shape index (κ3) is 7.93. The highest BCUT2D eigenvalue weighted by Gasteiger charge is 2.47. The van der Waals surface area contributed by atoms with Crippen LogP contribution in [-0.4, -0.2) is 65.0 Å². The molecule has 232 valence electrons. The molecule has 0 bridgehead atoms. The van der Waals surface area contributed by atoms with Gasteiger partial charge in [0.15, 0.2) is 0 Å². The minimum atomic E-state index is -0.913. The van der Waals surface area contributed by atoms with Crippen LogP contribution in [-0.2, 0) is 19.1 Å². The third-order valence-electron chi connectivity index (χ3n) is 8.24. The summed E-state index contributed by atoms with van der Waals surface area (Å²) in [7, 11) is 0. The van der Waals surface area contributed by atoms with Crippen LogP contribution in [0.3, 0.4) is 0 Å². The van der Waals surface area contributed by atoms with Crippen LogP contribution < -0.4 is 21.7 Å². The van der Waals surface area contributed by atoms with Crippen LogP contribution in [0.5, 0.6) is 0 Å². The van der Waals surface area contributed by atoms with Gasteiger partial charge in [0.1, 0.15) is 23.7 Å². The topological polar surface area (TPSA) is 143 Å². The van der Waals surface area contributed by atoms with E-state index in [1.165, 1.54) is 0 Å². The van der Waals surface area contributed by atoms with E-state index in [0.717, 1.165) is 11.1 Å². The number of nitrogens with two attached hydrogens (primary N) is 1. The maximum Gasteiger partial charge on any atom is 0.408 e. The van der Waals surface area contributed by atoms with Crippen molar-refractivity contribution in [2.45, 2.75) is 95.6 Å². The molecule has 0 aromatic heterocycles. The zero-order chi connectivity index (χ0) is 31.1. The highest BCUT2D eigenvalue weighted by Crippen LogP contribution is 2.34. The van der Waals surface area contributed by atoms with Crippen molar-refractivity contribution >= 4 is 23.8 Å². The fourth-order valence-corrected chi connectivity index (χ4v) is 6.07. The Kier molecular flexibility index (Phi) is 10.4. The number of carbonyl (C=O) groups is 4. The number of alkyl carbamates (subject to hydrolysis) is 1. The van der Waals surface area contributed by atoms with Gasteiger partial charge in [-0.15, -0.1) is 0 Å². The Morgan fingerprint density at radius 1 is 0.930 bits per heavy atom. The predicted molar refractivity (Wildman–Crippen MR) is 164 cm³/mol. The number of nitrogens with zero attached hydrogens (tertiary/aromatic N) is 1. The summed E-state index contributed by atoms with van der Waals surface area (Å²) in [5.41, 5.74) is 7.27. The second kappa shape index (κ2) is 14.0. The Labute approximate surface area is 254 Å². The van der Waals surface area contributed by atoms with Crippen LogP contribution in [0.15, 0.2) is 60.7 Å². The van der Waals surface area contributed by atoms with Crippen molar-refractivity contribution in [1.82, 2.24) is 20.9 Å². The monoisotopic (exact) mass is 591 g/mol. The Hall–Kier alpha value is -3.92. The molecule has 0 spiro atoms. The number of benzene rings is 2. The Balaban J connectivity index is 1.53. The number of nitrogens with one attached hydrogen (secondary N) is 3. The van der Waals surface area contributed by atoms with Crippen molar-refractivity contribution in [2.75, 3.05) is 6.54 Å². The van der Waals surface area contributed by atoms with E-state index in [0.29, 0.717) is 32.1 Å². The van der Waals surface area contributed by atoms with Gasteiger partial charge in [-0.05, 0) is 70.5 Å². The van der Waals surface area contributed by atoms with Crippen molar-refractivity contribution in [1.29, 1.82) is 0 Å². The van der Waals surface area contributed by atoms with E-state index in [2.05, 4.69) is 16.0 Å². The van der Waals surface area contributed by atoms with Crippen molar-refractivity contribution in [2.24, 2.45) is 11.7 Å². The molecule has 10 heteroatoms. The first kappa shape index (κ1) is 32.0. The molecule has 2 aromatic carbocycles. The van der Waals surface area contributed by atoms with Crippen LogP contribution in [0.25, 0.3) is 0 Å². The van der Waals surface area contributed by atoms with Gasteiger partial charge < -0.3 is 31.3 Å². The molecular weight excluding hydrogens is 546 g/mol. The number of rotatable bonds is 9. The fraction of sp³-hybridized carbons (Fsp3) is 0.515. The van der Waals surface area contributed by atoms with E-state index >= 15 is 0 Å². The molecule has 0 radical (unpaired) electrons. The lowest BCUT2D eigenvalue weighted by Crippen LogP contribution is -2.59. The number of amides is 4. The van der Waals surface area contributed by atoms with Crippen LogP contribution in [0.1, 0.15) is 77.0 Å². The minimum Gasteiger partial charge on any atom is -0.444 e. The molecule has 0 saturated carbocycles. The molecule has 0 aliphatic carbocycles. The maximum atomic E-state index is 14.2. The highest BCUT2D eigenvalue weighted by atomic mass is 16.6. The number of hydrogen-bond donors (Lipinski definition) is 4. The van der Waals surface area contributed by atoms with Gasteiger partial charge in [0.05, 0.1) is 6.04 Å². The van der Waals surface area contributed by atoms with Crippen molar-refractivity contribution in [3.63, 3.8) is 0 Å². The van der Waals surface area contributed by atoms with Gasteiger partial charge in [0, 0.05) is 12.0 Å². The normalized spacial score (nSPS) is 22.7. The van der Waals surface area contributed by atoms with E-state index in [4.69, 9.17) is 10.5 Å². The molecule has 2 fully saturated rings. The Morgan fingerprint density at radius 2 is 1.51 bits per heavy atom. The minimum absolute atomic E-state index is 0.118. The molecule has 2 heterocycles. The first-order valence-electron chi connectivity index (χ1n) is 15.2. The second-order valence-electron chi connectivity index (χ2n) is 12.4. The van der Waals surface area contributed by atoms with E-state index in [9.17, 15) is 19.2 Å². The standard InChI is InChI=1S/C33H45N5O5/c1-5-25(35-32(42)43-33(2,3)4)29(39)37-28-23(20-34)16-17-24-18-19-26(38(24)31(28)41)30(40)36-27(21-12-8-6-9-13-21)22-14-10-7-11-15-22/h6-15,23-28H,5,16-20,34H2,1-4H3,(H,35,42)(H,36,40)(H,37,39)/t23?,24?,25-,26?,28?/m0/s1. The molecule has 4 amide bonds. The second-order valence-corrected chi connectivity index (χ2v) is 12.4. The summed E-state index contributed by atoms with van der Waals surface area (Å²) in [5, 5.41) is 8.70. The van der Waals surface area contributed by atoms with Crippen LogP contribution in [0.2, 0.25) is 0 Å². The Morgan fingerprint density at radius 3 is 2.05 bits per heavy atom. The summed E-state index contributed by atoms with van der Waals surface area (Å²) in [5.74, 6) is -1.34. The van der Waals surface area contributed by atoms with Gasteiger partial charge in [0.25, 0.3) is 0 Å². The third-order valence-corrected chi connectivity index (χ3v) is 8.24. The molecular formula is C33H45N5O5. The number of fused-ring (bicyclic) bond motifs is 1. The van der Waals surface area contributed by atoms with E-state index in [1.807, 2.05) is 60.7 Å². The van der Waals surface area contributed by atoms with Gasteiger partial charge in [-0.3, -0.25) is 14.4 Å². The summed E-state index contributed by atoms with van der Waals surface area (Å²) in [4.78, 5) is 55.5. The summed E-state index contributed by atoms with van der Waals surface area (Å²) in [6, 6.07) is 16.5. The van der Waals surface area contributed by atoms with Gasteiger partial charge in [-0.2, -0.15) is 0 Å². The average molecular weight is 592 g/mol. The molecule has 5 atom stereocenters. The molecule has 4 rings (SSSR count). The van der Waals surface area contributed by atoms with Crippen LogP contribution in [0.4, 0.5) is 4.79 Å². The number of ether oxygens (including phenoxy) is 1. The summed E-state index contributed by atoms with van der Waals surface area (Å²) in [6.45, 7) is 7.19. The largest absolute Gasteiger partial charge is 0.444 e. The molecule has 43 heavy (non-hydrogen) atoms. The smallest absolute Gasteiger partial charge is 0.408 e. The van der Waals surface area contributed by atoms with Crippen LogP contribution in [0, 0.1) is 5.92 Å². The molecule has 2 aliphatic heterocycles. The fourth-order valence-electron chi connectivity index (χ4n) is 6.07. The van der Waals surface area contributed by atoms with Gasteiger partial charge in [-0.1, -0.05) is 67.6 Å². The maximum absolute atomic E-state index is 14.2. The molecule has 4 unspecified atom stereocenters. The van der Waals surface area contributed by atoms with E-state index < -0.39 is 35.7 Å². The quantitative estimate of drug-likeness (QED) is 0.352. The Bertz CT molecular complexity index is 1230. The summed E-state index contributed by atoms with van der Waals surface area (Å²) >= 11 is 0.